The van der Waals surface area contributed by atoms with Gasteiger partial charge in [0.05, 0.1) is 12.6 Å². The van der Waals surface area contributed by atoms with Crippen molar-refractivity contribution in [1.29, 1.82) is 0 Å². The number of nitrogens with one attached hydrogen (secondary N) is 2. The molecular formula is C13H18F2N2O. The van der Waals surface area contributed by atoms with Crippen LogP contribution in [0.3, 0.4) is 0 Å². The highest BCUT2D eigenvalue weighted by molar-refractivity contribution is 5.78. The van der Waals surface area contributed by atoms with Gasteiger partial charge in [0.2, 0.25) is 5.91 Å². The standard InChI is InChI=1S/C13H18F2N2O/c1-8(2)16-7-13(18)17-9(3)10-4-5-11(14)12(15)6-10/h4-6,8-9,16H,7H2,1-3H3,(H,17,18). The van der Waals surface area contributed by atoms with Gasteiger partial charge in [0.1, 0.15) is 0 Å². The van der Waals surface area contributed by atoms with Crippen molar-refractivity contribution in [1.82, 2.24) is 10.6 Å². The van der Waals surface area contributed by atoms with Crippen LogP contribution in [0, 0.1) is 11.6 Å². The molecule has 1 amide bonds. The maximum Gasteiger partial charge on any atom is 0.234 e. The predicted molar refractivity (Wildman–Crippen MR) is 66.1 cm³/mol. The van der Waals surface area contributed by atoms with Crippen molar-refractivity contribution in [2.75, 3.05) is 6.54 Å². The van der Waals surface area contributed by atoms with Crippen molar-refractivity contribution in [3.05, 3.63) is 35.4 Å². The topological polar surface area (TPSA) is 41.1 Å². The first-order valence-electron chi connectivity index (χ1n) is 5.88. The summed E-state index contributed by atoms with van der Waals surface area (Å²) in [6.07, 6.45) is 0. The molecule has 0 radical (unpaired) electrons. The molecule has 0 heterocycles. The highest BCUT2D eigenvalue weighted by Gasteiger charge is 2.11. The summed E-state index contributed by atoms with van der Waals surface area (Å²) < 4.78 is 25.8. The van der Waals surface area contributed by atoms with E-state index in [0.717, 1.165) is 12.1 Å². The largest absolute Gasteiger partial charge is 0.348 e. The number of amides is 1. The van der Waals surface area contributed by atoms with E-state index in [9.17, 15) is 13.6 Å². The Morgan fingerprint density at radius 3 is 2.44 bits per heavy atom. The van der Waals surface area contributed by atoms with Crippen LogP contribution in [0.15, 0.2) is 18.2 Å². The van der Waals surface area contributed by atoms with Crippen molar-refractivity contribution in [3.63, 3.8) is 0 Å². The zero-order valence-electron chi connectivity index (χ0n) is 10.8. The number of halogens is 2. The van der Waals surface area contributed by atoms with Gasteiger partial charge in [0.25, 0.3) is 0 Å². The summed E-state index contributed by atoms with van der Waals surface area (Å²) in [6, 6.07) is 3.46. The molecule has 1 aromatic rings. The van der Waals surface area contributed by atoms with Crippen LogP contribution in [0.2, 0.25) is 0 Å². The molecule has 2 N–H and O–H groups in total. The second kappa shape index (κ2) is 6.44. The molecule has 0 saturated heterocycles. The van der Waals surface area contributed by atoms with E-state index in [1.807, 2.05) is 13.8 Å². The minimum atomic E-state index is -0.908. The Labute approximate surface area is 106 Å². The lowest BCUT2D eigenvalue weighted by Gasteiger charge is -2.15. The molecule has 0 aromatic heterocycles. The van der Waals surface area contributed by atoms with Crippen LogP contribution in [-0.2, 0) is 4.79 Å². The lowest BCUT2D eigenvalue weighted by molar-refractivity contribution is -0.121. The third kappa shape index (κ3) is 4.41. The second-order valence-corrected chi connectivity index (χ2v) is 4.50. The van der Waals surface area contributed by atoms with Crippen molar-refractivity contribution >= 4 is 5.91 Å². The summed E-state index contributed by atoms with van der Waals surface area (Å²) in [7, 11) is 0. The van der Waals surface area contributed by atoms with Gasteiger partial charge in [0.15, 0.2) is 11.6 Å². The van der Waals surface area contributed by atoms with Crippen molar-refractivity contribution in [2.45, 2.75) is 32.9 Å². The summed E-state index contributed by atoms with van der Waals surface area (Å²) in [6.45, 7) is 5.80. The normalized spacial score (nSPS) is 12.6. The minimum Gasteiger partial charge on any atom is -0.348 e. The van der Waals surface area contributed by atoms with E-state index in [0.29, 0.717) is 5.56 Å². The van der Waals surface area contributed by atoms with E-state index >= 15 is 0 Å². The van der Waals surface area contributed by atoms with Crippen LogP contribution in [0.4, 0.5) is 8.78 Å². The summed E-state index contributed by atoms with van der Waals surface area (Å²) in [5.74, 6) is -1.98. The Hall–Kier alpha value is -1.49. The average Bonchev–Trinajstić information content (AvgIpc) is 2.30. The van der Waals surface area contributed by atoms with Gasteiger partial charge < -0.3 is 10.6 Å². The lowest BCUT2D eigenvalue weighted by Crippen LogP contribution is -2.38. The molecule has 0 saturated carbocycles. The van der Waals surface area contributed by atoms with Gasteiger partial charge in [0, 0.05) is 6.04 Å². The van der Waals surface area contributed by atoms with Gasteiger partial charge in [-0.05, 0) is 24.6 Å². The van der Waals surface area contributed by atoms with Gasteiger partial charge in [-0.2, -0.15) is 0 Å². The van der Waals surface area contributed by atoms with Gasteiger partial charge in [-0.15, -0.1) is 0 Å². The molecule has 100 valence electrons. The van der Waals surface area contributed by atoms with Crippen LogP contribution < -0.4 is 10.6 Å². The SMILES string of the molecule is CC(C)NCC(=O)NC(C)c1ccc(F)c(F)c1. The number of hydrogen-bond donors (Lipinski definition) is 2. The van der Waals surface area contributed by atoms with Gasteiger partial charge in [-0.3, -0.25) is 4.79 Å². The Balaban J connectivity index is 2.56. The van der Waals surface area contributed by atoms with E-state index in [4.69, 9.17) is 0 Å². The third-order valence-corrected chi connectivity index (χ3v) is 2.49. The fourth-order valence-corrected chi connectivity index (χ4v) is 1.45. The van der Waals surface area contributed by atoms with Gasteiger partial charge in [-0.1, -0.05) is 19.9 Å². The smallest absolute Gasteiger partial charge is 0.234 e. The Morgan fingerprint density at radius 2 is 1.89 bits per heavy atom. The van der Waals surface area contributed by atoms with Crippen LogP contribution in [0.1, 0.15) is 32.4 Å². The molecule has 0 aliphatic heterocycles. The van der Waals surface area contributed by atoms with Crippen LogP contribution >= 0.6 is 0 Å². The summed E-state index contributed by atoms with van der Waals surface area (Å²) in [5, 5.41) is 5.68. The molecule has 1 rings (SSSR count). The molecular weight excluding hydrogens is 238 g/mol. The molecule has 3 nitrogen and oxygen atoms in total. The van der Waals surface area contributed by atoms with E-state index in [-0.39, 0.29) is 24.5 Å². The molecule has 0 bridgehead atoms. The Morgan fingerprint density at radius 1 is 1.22 bits per heavy atom. The maximum absolute atomic E-state index is 13.0. The monoisotopic (exact) mass is 256 g/mol. The Bertz CT molecular complexity index is 421. The van der Waals surface area contributed by atoms with Crippen LogP contribution in [-0.4, -0.2) is 18.5 Å². The molecule has 0 aliphatic carbocycles. The fraction of sp³-hybridized carbons (Fsp3) is 0.462. The molecule has 5 heteroatoms. The molecule has 0 aliphatic rings. The van der Waals surface area contributed by atoms with Gasteiger partial charge in [-0.25, -0.2) is 8.78 Å². The first kappa shape index (κ1) is 14.6. The van der Waals surface area contributed by atoms with E-state index in [2.05, 4.69) is 10.6 Å². The highest BCUT2D eigenvalue weighted by Crippen LogP contribution is 2.15. The first-order chi connectivity index (χ1) is 8.40. The van der Waals surface area contributed by atoms with Crippen molar-refractivity contribution in [2.24, 2.45) is 0 Å². The molecule has 1 aromatic carbocycles. The number of rotatable bonds is 5. The quantitative estimate of drug-likeness (QED) is 0.847. The number of carbonyl (C=O) groups excluding carboxylic acids is 1. The summed E-state index contributed by atoms with van der Waals surface area (Å²) >= 11 is 0. The summed E-state index contributed by atoms with van der Waals surface area (Å²) in [4.78, 5) is 11.5. The van der Waals surface area contributed by atoms with Crippen LogP contribution in [0.5, 0.6) is 0 Å². The molecule has 18 heavy (non-hydrogen) atoms. The lowest BCUT2D eigenvalue weighted by atomic mass is 10.1. The number of benzene rings is 1. The molecule has 1 atom stereocenters. The average molecular weight is 256 g/mol. The number of hydrogen-bond acceptors (Lipinski definition) is 2. The van der Waals surface area contributed by atoms with E-state index < -0.39 is 11.6 Å². The molecule has 0 spiro atoms. The first-order valence-corrected chi connectivity index (χ1v) is 5.88. The van der Waals surface area contributed by atoms with E-state index in [1.165, 1.54) is 6.07 Å². The summed E-state index contributed by atoms with van der Waals surface area (Å²) in [5.41, 5.74) is 0.534. The predicted octanol–water partition coefficient (Wildman–Crippen LogP) is 2.14. The fourth-order valence-electron chi connectivity index (χ4n) is 1.45. The zero-order chi connectivity index (χ0) is 13.7. The molecule has 1 unspecified atom stereocenters. The third-order valence-electron chi connectivity index (χ3n) is 2.49. The highest BCUT2D eigenvalue weighted by atomic mass is 19.2. The van der Waals surface area contributed by atoms with Crippen LogP contribution in [0.25, 0.3) is 0 Å². The van der Waals surface area contributed by atoms with Gasteiger partial charge >= 0.3 is 0 Å². The maximum atomic E-state index is 13.0. The minimum absolute atomic E-state index is 0.180. The number of carbonyl (C=O) groups is 1. The zero-order valence-corrected chi connectivity index (χ0v) is 10.8. The van der Waals surface area contributed by atoms with E-state index in [1.54, 1.807) is 6.92 Å². The van der Waals surface area contributed by atoms with Crippen molar-refractivity contribution in [3.8, 4) is 0 Å². The molecule has 0 fully saturated rings. The van der Waals surface area contributed by atoms with Crippen molar-refractivity contribution < 1.29 is 13.6 Å². The Kier molecular flexibility index (Phi) is 5.22. The second-order valence-electron chi connectivity index (χ2n) is 4.50.